The summed E-state index contributed by atoms with van der Waals surface area (Å²) in [7, 11) is 0. The minimum absolute atomic E-state index is 0.000585. The van der Waals surface area contributed by atoms with Gasteiger partial charge in [-0.25, -0.2) is 19.2 Å². The summed E-state index contributed by atoms with van der Waals surface area (Å²) in [5.74, 6) is -9.45. The van der Waals surface area contributed by atoms with Gasteiger partial charge in [0.05, 0.1) is 0 Å². The number of carboxylic acid groups (broad SMARTS) is 4. The fraction of sp³-hybridized carbons (Fsp3) is 0.481. The highest BCUT2D eigenvalue weighted by atomic mass is 16.7. The van der Waals surface area contributed by atoms with Crippen molar-refractivity contribution < 1.29 is 78.1 Å². The summed E-state index contributed by atoms with van der Waals surface area (Å²) < 4.78 is 2.13. The van der Waals surface area contributed by atoms with Crippen molar-refractivity contribution in [3.8, 4) is 0 Å². The number of aromatic carboxylic acids is 4. The molecule has 8 N–H and O–H groups in total. The van der Waals surface area contributed by atoms with Gasteiger partial charge in [0.25, 0.3) is 45.9 Å². The van der Waals surface area contributed by atoms with Gasteiger partial charge in [0, 0.05) is 65.4 Å². The molecule has 4 rings (SSSR count). The highest BCUT2D eigenvalue weighted by Gasteiger charge is 2.25. The summed E-state index contributed by atoms with van der Waals surface area (Å²) in [6.07, 6.45) is 4.55. The minimum atomic E-state index is -1.48. The molecule has 0 spiro atoms. The maximum atomic E-state index is 13.5. The molecule has 0 bridgehead atoms. The van der Waals surface area contributed by atoms with Crippen LogP contribution in [0.3, 0.4) is 0 Å². The van der Waals surface area contributed by atoms with E-state index >= 15 is 0 Å². The zero-order valence-corrected chi connectivity index (χ0v) is 47.2. The van der Waals surface area contributed by atoms with Crippen LogP contribution in [0.5, 0.6) is 0 Å². The van der Waals surface area contributed by atoms with E-state index in [9.17, 15) is 78.0 Å². The Morgan fingerprint density at radius 3 is 0.738 bits per heavy atom. The van der Waals surface area contributed by atoms with Crippen LogP contribution in [-0.2, 0) is 0 Å². The number of amides is 4. The Morgan fingerprint density at radius 1 is 0.357 bits per heavy atom. The van der Waals surface area contributed by atoms with Crippen molar-refractivity contribution in [2.24, 2.45) is 0 Å². The average molecular weight is 1180 g/mol. The summed E-state index contributed by atoms with van der Waals surface area (Å²) in [6.45, 7) is 6.86. The van der Waals surface area contributed by atoms with Gasteiger partial charge >= 0.3 is 23.9 Å². The number of unbranched alkanes of at least 4 members (excludes halogenated alkanes) is 4. The van der Waals surface area contributed by atoms with Gasteiger partial charge in [0.15, 0.2) is 22.8 Å². The van der Waals surface area contributed by atoms with Crippen LogP contribution in [0.4, 0.5) is 0 Å². The van der Waals surface area contributed by atoms with Crippen LogP contribution < -0.4 is 62.9 Å². The van der Waals surface area contributed by atoms with Crippen LogP contribution in [0, 0.1) is 0 Å². The van der Waals surface area contributed by atoms with Crippen molar-refractivity contribution in [3.05, 3.63) is 135 Å². The summed E-state index contributed by atoms with van der Waals surface area (Å²) >= 11 is 0. The van der Waals surface area contributed by atoms with E-state index in [1.165, 1.54) is 0 Å². The smallest absolute Gasteiger partial charge is 0.356 e. The maximum Gasteiger partial charge on any atom is 0.356 e. The Hall–Kier alpha value is -9.32. The first-order valence-corrected chi connectivity index (χ1v) is 27.3. The molecule has 0 saturated carbocycles. The summed E-state index contributed by atoms with van der Waals surface area (Å²) in [5.41, 5.74) is -7.94. The van der Waals surface area contributed by atoms with Crippen LogP contribution in [0.2, 0.25) is 0 Å². The zero-order chi connectivity index (χ0) is 61.9. The third-order valence-electron chi connectivity index (χ3n) is 12.5. The SMILES string of the molecule is CCCCOn1c(C(=O)O)ccc(C(=O)NCCN(CCNC(=O)c2ccc(C(=O)O)n(OCCCC)c2=O)CCN(CCNC(=O)c2ccc(C(=O)O)n(OCCCC)c2=O)CCNC(=O)c2ccc(C(=O)O)n(OCCCC)c2=O)c1=O. The molecule has 0 saturated heterocycles. The molecule has 0 fully saturated rings. The predicted octanol–water partition coefficient (Wildman–Crippen LogP) is -0.335. The van der Waals surface area contributed by atoms with Crippen molar-refractivity contribution in [1.82, 2.24) is 50.0 Å². The fourth-order valence-electron chi connectivity index (χ4n) is 7.76. The van der Waals surface area contributed by atoms with Gasteiger partial charge in [-0.15, -0.1) is 18.9 Å². The molecule has 0 unspecified atom stereocenters. The standard InChI is InChI=1S/C54H72N10O20/c1-5-9-31-81-61-39(51(73)74)17-13-35(47(61)69)43(65)55-21-25-59(26-22-56-44(66)36-14-18-40(52(75)76)62(48(36)70)82-32-10-6-2)29-30-60(27-23-57-45(67)37-15-19-41(53(77)78)63(49(37)71)83-33-11-7-3)28-24-58-46(68)38-16-20-42(54(79)80)64(50(38)72)84-34-12-8-4/h13-20H,5-12,21-34H2,1-4H3,(H,55,65)(H,56,66)(H,57,67)(H,58,68)(H,73,74)(H,75,76)(H,77,78)(H,79,80). The Morgan fingerprint density at radius 2 is 0.560 bits per heavy atom. The number of pyridine rings is 4. The second-order valence-corrected chi connectivity index (χ2v) is 18.6. The largest absolute Gasteiger partial charge is 0.476 e. The molecule has 4 amide bonds. The molecule has 0 aliphatic heterocycles. The molecule has 4 heterocycles. The van der Waals surface area contributed by atoms with Crippen molar-refractivity contribution in [2.75, 3.05) is 91.9 Å². The Kier molecular flexibility index (Phi) is 27.4. The molecule has 0 atom stereocenters. The van der Waals surface area contributed by atoms with E-state index in [2.05, 4.69) is 21.3 Å². The van der Waals surface area contributed by atoms with Gasteiger partial charge in [0.2, 0.25) is 0 Å². The second kappa shape index (κ2) is 34.2. The van der Waals surface area contributed by atoms with Crippen LogP contribution in [0.1, 0.15) is 162 Å². The molecular formula is C54H72N10O20. The van der Waals surface area contributed by atoms with E-state index in [-0.39, 0.29) is 91.9 Å². The van der Waals surface area contributed by atoms with Crippen LogP contribution >= 0.6 is 0 Å². The lowest BCUT2D eigenvalue weighted by Crippen LogP contribution is -2.47. The van der Waals surface area contributed by atoms with Gasteiger partial charge in [-0.2, -0.15) is 0 Å². The lowest BCUT2D eigenvalue weighted by molar-refractivity contribution is 0.0551. The number of carboxylic acids is 4. The topological polar surface area (TPSA) is 397 Å². The number of hydrogen-bond donors (Lipinski definition) is 8. The summed E-state index contributed by atoms with van der Waals surface area (Å²) in [5, 5.41) is 49.3. The average Bonchev–Trinajstić information content (AvgIpc) is 3.49. The number of rotatable bonds is 39. The van der Waals surface area contributed by atoms with Crippen molar-refractivity contribution in [2.45, 2.75) is 79.1 Å². The first-order valence-electron chi connectivity index (χ1n) is 27.3. The normalized spacial score (nSPS) is 11.0. The number of carbonyl (C=O) groups excluding carboxylic acids is 4. The van der Waals surface area contributed by atoms with Crippen molar-refractivity contribution in [3.63, 3.8) is 0 Å². The molecule has 0 aromatic carbocycles. The minimum Gasteiger partial charge on any atom is -0.476 e. The summed E-state index contributed by atoms with van der Waals surface area (Å²) in [4.78, 5) is 181. The lowest BCUT2D eigenvalue weighted by Gasteiger charge is -2.28. The molecular weight excluding hydrogens is 1110 g/mol. The van der Waals surface area contributed by atoms with Gasteiger partial charge in [-0.1, -0.05) is 53.4 Å². The molecule has 458 valence electrons. The molecule has 0 aliphatic carbocycles. The molecule has 0 radical (unpaired) electrons. The molecule has 84 heavy (non-hydrogen) atoms. The van der Waals surface area contributed by atoms with Crippen LogP contribution in [-0.4, -0.2) is 189 Å². The highest BCUT2D eigenvalue weighted by Crippen LogP contribution is 2.06. The number of hydrogen-bond acceptors (Lipinski definition) is 18. The van der Waals surface area contributed by atoms with E-state index in [0.29, 0.717) is 70.3 Å². The number of nitrogens with zero attached hydrogens (tertiary/aromatic N) is 6. The Balaban J connectivity index is 1.64. The van der Waals surface area contributed by atoms with Gasteiger partial charge < -0.3 is 61.0 Å². The molecule has 4 aromatic rings. The highest BCUT2D eigenvalue weighted by molar-refractivity contribution is 5.97. The van der Waals surface area contributed by atoms with E-state index < -0.39 is 115 Å². The van der Waals surface area contributed by atoms with Crippen molar-refractivity contribution >= 4 is 47.5 Å². The third-order valence-corrected chi connectivity index (χ3v) is 12.5. The predicted molar refractivity (Wildman–Crippen MR) is 298 cm³/mol. The first kappa shape index (κ1) is 67.2. The zero-order valence-electron chi connectivity index (χ0n) is 47.2. The second-order valence-electron chi connectivity index (χ2n) is 18.6. The summed E-state index contributed by atoms with van der Waals surface area (Å²) in [6, 6.07) is 8.34. The number of carbonyl (C=O) groups is 8. The first-order chi connectivity index (χ1) is 40.2. The quantitative estimate of drug-likeness (QED) is 0.0265. The van der Waals surface area contributed by atoms with Crippen LogP contribution in [0.15, 0.2) is 67.7 Å². The number of nitrogens with one attached hydrogen (secondary N) is 4. The van der Waals surface area contributed by atoms with Crippen molar-refractivity contribution in [1.29, 1.82) is 0 Å². The van der Waals surface area contributed by atoms with Gasteiger partial charge in [0.1, 0.15) is 48.7 Å². The van der Waals surface area contributed by atoms with Gasteiger partial charge in [-0.3, -0.25) is 48.2 Å². The lowest BCUT2D eigenvalue weighted by atomic mass is 10.2. The third kappa shape index (κ3) is 19.1. The Labute approximate surface area is 480 Å². The molecule has 0 aliphatic rings. The van der Waals surface area contributed by atoms with E-state index in [0.717, 1.165) is 48.5 Å². The van der Waals surface area contributed by atoms with E-state index in [4.69, 9.17) is 19.4 Å². The van der Waals surface area contributed by atoms with Gasteiger partial charge in [-0.05, 0) is 74.2 Å². The Bertz CT molecular complexity index is 2810. The number of aromatic nitrogens is 4. The monoisotopic (exact) mass is 1180 g/mol. The molecule has 30 nitrogen and oxygen atoms in total. The van der Waals surface area contributed by atoms with Crippen LogP contribution in [0.25, 0.3) is 0 Å². The van der Waals surface area contributed by atoms with E-state index in [1.807, 2.05) is 27.7 Å². The molecule has 30 heteroatoms. The van der Waals surface area contributed by atoms with E-state index in [1.54, 1.807) is 9.80 Å². The molecule has 4 aromatic heterocycles. The fourth-order valence-corrected chi connectivity index (χ4v) is 7.76. The maximum absolute atomic E-state index is 13.5.